The van der Waals surface area contributed by atoms with E-state index < -0.39 is 0 Å². The summed E-state index contributed by atoms with van der Waals surface area (Å²) < 4.78 is 0. The zero-order valence-electron chi connectivity index (χ0n) is 14.4. The molecule has 0 saturated heterocycles. The van der Waals surface area contributed by atoms with E-state index in [2.05, 4.69) is 52.8 Å². The molecule has 0 radical (unpaired) electrons. The third-order valence-corrected chi connectivity index (χ3v) is 5.47. The van der Waals surface area contributed by atoms with Gasteiger partial charge in [-0.15, -0.1) is 0 Å². The molecule has 0 aromatic carbocycles. The quantitative estimate of drug-likeness (QED) is 0.638. The number of aliphatic hydroxyl groups excluding tert-OH is 1. The average Bonchev–Trinajstić information content (AvgIpc) is 2.70. The summed E-state index contributed by atoms with van der Waals surface area (Å²) in [5.74, 6) is 1.35. The summed E-state index contributed by atoms with van der Waals surface area (Å²) in [6.07, 6.45) is 12.1. The third-order valence-electron chi connectivity index (χ3n) is 5.47. The Morgan fingerprint density at radius 2 is 1.81 bits per heavy atom. The predicted octanol–water partition coefficient (Wildman–Crippen LogP) is 5.42. The number of fused-ring (bicyclic) bond motifs is 1. The zero-order chi connectivity index (χ0) is 15.6. The van der Waals surface area contributed by atoms with Crippen LogP contribution in [0.1, 0.15) is 66.7 Å². The van der Waals surface area contributed by atoms with Gasteiger partial charge in [-0.1, -0.05) is 55.7 Å². The normalized spacial score (nSPS) is 39.7. The summed E-state index contributed by atoms with van der Waals surface area (Å²) in [5.41, 5.74) is 4.70. The lowest BCUT2D eigenvalue weighted by Gasteiger charge is -2.34. The van der Waals surface area contributed by atoms with Gasteiger partial charge in [0, 0.05) is 0 Å². The van der Waals surface area contributed by atoms with Crippen LogP contribution in [0.2, 0.25) is 0 Å². The first kappa shape index (κ1) is 16.5. The SMILES string of the molecule is C/C1=C\[C@H](O)C/C(C)=C/C[C@]2(C)CC=C(C(C)C)[C@H]2CC1. The predicted molar refractivity (Wildman–Crippen MR) is 91.1 cm³/mol. The van der Waals surface area contributed by atoms with Crippen molar-refractivity contribution in [1.82, 2.24) is 0 Å². The van der Waals surface area contributed by atoms with Crippen LogP contribution < -0.4 is 0 Å². The second kappa shape index (κ2) is 6.52. The van der Waals surface area contributed by atoms with E-state index in [1.54, 1.807) is 5.57 Å². The minimum absolute atomic E-state index is 0.313. The summed E-state index contributed by atoms with van der Waals surface area (Å²) in [6, 6.07) is 0. The Hall–Kier alpha value is -0.820. The maximum absolute atomic E-state index is 10.1. The molecule has 2 aliphatic carbocycles. The van der Waals surface area contributed by atoms with Crippen molar-refractivity contribution in [2.24, 2.45) is 17.3 Å². The molecule has 2 aliphatic rings. The van der Waals surface area contributed by atoms with Crippen molar-refractivity contribution < 1.29 is 5.11 Å². The second-order valence-electron chi connectivity index (χ2n) is 7.85. The van der Waals surface area contributed by atoms with Crippen LogP contribution >= 0.6 is 0 Å². The van der Waals surface area contributed by atoms with Crippen LogP contribution in [-0.4, -0.2) is 11.2 Å². The Bertz CT molecular complexity index is 466. The molecule has 0 aliphatic heterocycles. The fourth-order valence-corrected chi connectivity index (χ4v) is 4.08. The fraction of sp³-hybridized carbons (Fsp3) is 0.700. The van der Waals surface area contributed by atoms with Gasteiger partial charge >= 0.3 is 0 Å². The Morgan fingerprint density at radius 3 is 2.48 bits per heavy atom. The molecule has 0 spiro atoms. The maximum atomic E-state index is 10.1. The van der Waals surface area contributed by atoms with Crippen LogP contribution in [-0.2, 0) is 0 Å². The van der Waals surface area contributed by atoms with Crippen molar-refractivity contribution in [3.63, 3.8) is 0 Å². The molecular formula is C20H32O. The largest absolute Gasteiger partial charge is 0.389 e. The van der Waals surface area contributed by atoms with Gasteiger partial charge in [-0.3, -0.25) is 0 Å². The lowest BCUT2D eigenvalue weighted by molar-refractivity contribution is 0.222. The lowest BCUT2D eigenvalue weighted by Crippen LogP contribution is -2.25. The first-order chi connectivity index (χ1) is 9.82. The van der Waals surface area contributed by atoms with Crippen LogP contribution in [0, 0.1) is 17.3 Å². The molecule has 0 heterocycles. The van der Waals surface area contributed by atoms with Gasteiger partial charge in [-0.2, -0.15) is 0 Å². The highest BCUT2D eigenvalue weighted by atomic mass is 16.3. The number of rotatable bonds is 1. The van der Waals surface area contributed by atoms with Crippen LogP contribution in [0.3, 0.4) is 0 Å². The summed E-state index contributed by atoms with van der Waals surface area (Å²) in [6.45, 7) is 11.5. The van der Waals surface area contributed by atoms with Gasteiger partial charge < -0.3 is 5.11 Å². The summed E-state index contributed by atoms with van der Waals surface area (Å²) in [7, 11) is 0. The standard InChI is InChI=1S/C20H32O/c1-14(2)18-9-11-20(5)10-8-16(4)13-17(21)12-15(3)6-7-19(18)20/h8-9,12,14,17,19,21H,6-7,10-11,13H2,1-5H3/b15-12+,16-8+/t17-,19+,20+/m0/s1. The molecular weight excluding hydrogens is 256 g/mol. The highest BCUT2D eigenvalue weighted by Crippen LogP contribution is 2.50. The van der Waals surface area contributed by atoms with E-state index >= 15 is 0 Å². The molecule has 1 heteroatoms. The van der Waals surface area contributed by atoms with Crippen molar-refractivity contribution in [3.8, 4) is 0 Å². The molecule has 21 heavy (non-hydrogen) atoms. The van der Waals surface area contributed by atoms with E-state index in [0.717, 1.165) is 19.3 Å². The summed E-state index contributed by atoms with van der Waals surface area (Å²) in [5, 5.41) is 10.1. The lowest BCUT2D eigenvalue weighted by atomic mass is 9.70. The van der Waals surface area contributed by atoms with Gasteiger partial charge in [-0.25, -0.2) is 0 Å². The molecule has 0 aromatic rings. The molecule has 0 aromatic heterocycles. The topological polar surface area (TPSA) is 20.2 Å². The fourth-order valence-electron chi connectivity index (χ4n) is 4.08. The Labute approximate surface area is 130 Å². The minimum atomic E-state index is -0.313. The van der Waals surface area contributed by atoms with E-state index in [1.807, 2.05) is 0 Å². The smallest absolute Gasteiger partial charge is 0.0760 e. The molecule has 2 rings (SSSR count). The van der Waals surface area contributed by atoms with Gasteiger partial charge in [0.1, 0.15) is 0 Å². The summed E-state index contributed by atoms with van der Waals surface area (Å²) >= 11 is 0. The van der Waals surface area contributed by atoms with Crippen molar-refractivity contribution in [1.29, 1.82) is 0 Å². The Kier molecular flexibility index (Phi) is 5.14. The molecule has 0 saturated carbocycles. The van der Waals surface area contributed by atoms with E-state index in [9.17, 15) is 5.11 Å². The number of hydrogen-bond acceptors (Lipinski definition) is 1. The monoisotopic (exact) mass is 288 g/mol. The van der Waals surface area contributed by atoms with Gasteiger partial charge in [-0.05, 0) is 63.2 Å². The van der Waals surface area contributed by atoms with Crippen LogP contribution in [0.5, 0.6) is 0 Å². The molecule has 1 N–H and O–H groups in total. The third kappa shape index (κ3) is 3.88. The van der Waals surface area contributed by atoms with Gasteiger partial charge in [0.25, 0.3) is 0 Å². The molecule has 118 valence electrons. The minimum Gasteiger partial charge on any atom is -0.389 e. The van der Waals surface area contributed by atoms with E-state index in [-0.39, 0.29) is 6.10 Å². The van der Waals surface area contributed by atoms with Crippen LogP contribution in [0.15, 0.2) is 34.9 Å². The van der Waals surface area contributed by atoms with Crippen molar-refractivity contribution in [2.75, 3.05) is 0 Å². The Balaban J connectivity index is 2.29. The van der Waals surface area contributed by atoms with E-state index in [1.165, 1.54) is 24.0 Å². The molecule has 1 nitrogen and oxygen atoms in total. The second-order valence-corrected chi connectivity index (χ2v) is 7.85. The number of aliphatic hydroxyl groups is 1. The first-order valence-corrected chi connectivity index (χ1v) is 8.53. The molecule has 3 atom stereocenters. The maximum Gasteiger partial charge on any atom is 0.0760 e. The Morgan fingerprint density at radius 1 is 1.14 bits per heavy atom. The zero-order valence-corrected chi connectivity index (χ0v) is 14.4. The number of allylic oxidation sites excluding steroid dienone is 4. The van der Waals surface area contributed by atoms with Crippen molar-refractivity contribution in [2.45, 2.75) is 72.8 Å². The van der Waals surface area contributed by atoms with E-state index in [4.69, 9.17) is 0 Å². The highest BCUT2D eigenvalue weighted by Gasteiger charge is 2.39. The van der Waals surface area contributed by atoms with Crippen LogP contribution in [0.4, 0.5) is 0 Å². The molecule has 0 amide bonds. The highest BCUT2D eigenvalue weighted by molar-refractivity contribution is 5.23. The van der Waals surface area contributed by atoms with Crippen molar-refractivity contribution >= 4 is 0 Å². The van der Waals surface area contributed by atoms with Gasteiger partial charge in [0.2, 0.25) is 0 Å². The molecule has 0 bridgehead atoms. The van der Waals surface area contributed by atoms with Crippen molar-refractivity contribution in [3.05, 3.63) is 34.9 Å². The summed E-state index contributed by atoms with van der Waals surface area (Å²) in [4.78, 5) is 0. The van der Waals surface area contributed by atoms with Crippen LogP contribution in [0.25, 0.3) is 0 Å². The van der Waals surface area contributed by atoms with E-state index in [0.29, 0.717) is 17.3 Å². The average molecular weight is 288 g/mol. The molecule has 0 fully saturated rings. The van der Waals surface area contributed by atoms with Gasteiger partial charge in [0.15, 0.2) is 0 Å². The first-order valence-electron chi connectivity index (χ1n) is 8.53. The van der Waals surface area contributed by atoms with Gasteiger partial charge in [0.05, 0.1) is 6.10 Å². The molecule has 0 unspecified atom stereocenters. The number of hydrogen-bond donors (Lipinski definition) is 1.